The summed E-state index contributed by atoms with van der Waals surface area (Å²) in [6.45, 7) is 1.16. The first-order valence-corrected chi connectivity index (χ1v) is 5.04. The number of carbonyl (C=O) groups is 1. The predicted octanol–water partition coefficient (Wildman–Crippen LogP) is 2.67. The van der Waals surface area contributed by atoms with Gasteiger partial charge in [0.15, 0.2) is 0 Å². The normalized spacial score (nSPS) is 10.6. The molecule has 0 bridgehead atoms. The van der Waals surface area contributed by atoms with Gasteiger partial charge < -0.3 is 4.74 Å². The first-order chi connectivity index (χ1) is 6.76. The van der Waals surface area contributed by atoms with Crippen molar-refractivity contribution in [2.45, 2.75) is 32.6 Å². The smallest absolute Gasteiger partial charge is 0.308 e. The predicted molar refractivity (Wildman–Crippen MR) is 50.5 cm³/mol. The van der Waals surface area contributed by atoms with Crippen molar-refractivity contribution in [2.75, 3.05) is 20.0 Å². The molecule has 0 fully saturated rings. The number of hydrogen-bond donors (Lipinski definition) is 0. The Labute approximate surface area is 83.6 Å². The van der Waals surface area contributed by atoms with E-state index in [4.69, 9.17) is 4.74 Å². The van der Waals surface area contributed by atoms with Crippen LogP contribution in [-0.4, -0.2) is 25.9 Å². The quantitative estimate of drug-likeness (QED) is 0.573. The summed E-state index contributed by atoms with van der Waals surface area (Å²) in [6.07, 6.45) is 1.59. The fraction of sp³-hybridized carbons (Fsp3) is 0.900. The number of esters is 1. The third-order valence-corrected chi connectivity index (χ3v) is 1.99. The molecule has 4 heteroatoms. The minimum atomic E-state index is -0.439. The van der Waals surface area contributed by atoms with Crippen molar-refractivity contribution in [1.82, 2.24) is 0 Å². The maximum Gasteiger partial charge on any atom is 0.308 e. The van der Waals surface area contributed by atoms with Crippen molar-refractivity contribution < 1.29 is 18.3 Å². The van der Waals surface area contributed by atoms with Gasteiger partial charge in [0.1, 0.15) is 0 Å². The van der Waals surface area contributed by atoms with E-state index >= 15 is 0 Å². The van der Waals surface area contributed by atoms with Crippen LogP contribution in [0.25, 0.3) is 0 Å². The fourth-order valence-electron chi connectivity index (χ4n) is 1.29. The number of rotatable bonds is 8. The summed E-state index contributed by atoms with van der Waals surface area (Å²) in [5.41, 5.74) is 0. The van der Waals surface area contributed by atoms with Crippen LogP contribution in [0.15, 0.2) is 0 Å². The molecule has 2 nitrogen and oxygen atoms in total. The molecular weight excluding hydrogens is 190 g/mol. The lowest BCUT2D eigenvalue weighted by molar-refractivity contribution is -0.148. The summed E-state index contributed by atoms with van der Waals surface area (Å²) in [6, 6.07) is 0. The van der Waals surface area contributed by atoms with Crippen molar-refractivity contribution in [3.63, 3.8) is 0 Å². The van der Waals surface area contributed by atoms with E-state index in [2.05, 4.69) is 0 Å². The molecule has 0 N–H and O–H groups in total. The van der Waals surface area contributed by atoms with Crippen molar-refractivity contribution >= 4 is 5.97 Å². The van der Waals surface area contributed by atoms with Gasteiger partial charge in [-0.15, -0.1) is 0 Å². The molecule has 0 aromatic heterocycles. The Kier molecular flexibility index (Phi) is 8.48. The van der Waals surface area contributed by atoms with E-state index in [0.29, 0.717) is 32.3 Å². The Morgan fingerprint density at radius 3 is 2.07 bits per heavy atom. The van der Waals surface area contributed by atoms with Gasteiger partial charge in [0, 0.05) is 0 Å². The molecule has 0 spiro atoms. The summed E-state index contributed by atoms with van der Waals surface area (Å²) in [5, 5.41) is 0. The number of hydrogen-bond acceptors (Lipinski definition) is 2. The molecule has 0 unspecified atom stereocenters. The van der Waals surface area contributed by atoms with Crippen molar-refractivity contribution in [1.29, 1.82) is 0 Å². The minimum absolute atomic E-state index is 0.320. The van der Waals surface area contributed by atoms with Crippen LogP contribution in [0.5, 0.6) is 0 Å². The maximum absolute atomic E-state index is 11.9. The zero-order valence-corrected chi connectivity index (χ0v) is 8.60. The van der Waals surface area contributed by atoms with E-state index < -0.39 is 13.3 Å². The molecule has 0 saturated carbocycles. The van der Waals surface area contributed by atoms with Gasteiger partial charge in [-0.1, -0.05) is 0 Å². The van der Waals surface area contributed by atoms with Gasteiger partial charge in [-0.3, -0.25) is 13.6 Å². The molecule has 0 rings (SSSR count). The monoisotopic (exact) mass is 208 g/mol. The summed E-state index contributed by atoms with van der Waals surface area (Å²) >= 11 is 0. The Balaban J connectivity index is 3.88. The molecule has 0 aromatic carbocycles. The Morgan fingerprint density at radius 2 is 1.71 bits per heavy atom. The number of alkyl halides is 2. The molecule has 0 atom stereocenters. The largest absolute Gasteiger partial charge is 0.466 e. The highest BCUT2D eigenvalue weighted by atomic mass is 19.1. The third kappa shape index (κ3) is 5.89. The molecule has 0 heterocycles. The summed E-state index contributed by atoms with van der Waals surface area (Å²) in [4.78, 5) is 11.3. The van der Waals surface area contributed by atoms with Crippen LogP contribution in [0.2, 0.25) is 0 Å². The molecule has 0 aliphatic rings. The highest BCUT2D eigenvalue weighted by Gasteiger charge is 2.18. The molecule has 0 amide bonds. The number of halogens is 2. The molecule has 0 aliphatic heterocycles. The molecule has 84 valence electrons. The molecule has 0 aromatic rings. The van der Waals surface area contributed by atoms with Gasteiger partial charge in [0.2, 0.25) is 0 Å². The Bertz CT molecular complexity index is 143. The van der Waals surface area contributed by atoms with Gasteiger partial charge in [-0.25, -0.2) is 0 Å². The first kappa shape index (κ1) is 13.3. The van der Waals surface area contributed by atoms with E-state index in [0.717, 1.165) is 0 Å². The van der Waals surface area contributed by atoms with Crippen LogP contribution in [-0.2, 0) is 9.53 Å². The lowest BCUT2D eigenvalue weighted by atomic mass is 9.98. The van der Waals surface area contributed by atoms with Gasteiger partial charge >= 0.3 is 5.97 Å². The van der Waals surface area contributed by atoms with E-state index in [1.807, 2.05) is 0 Å². The molecule has 0 aliphatic carbocycles. The average molecular weight is 208 g/mol. The Morgan fingerprint density at radius 1 is 1.21 bits per heavy atom. The number of carbonyl (C=O) groups excluding carboxylic acids is 1. The Hall–Kier alpha value is -0.670. The SMILES string of the molecule is CCOC(=O)C(CCCF)CCCF. The summed E-state index contributed by atoms with van der Waals surface area (Å²) in [7, 11) is 0. The van der Waals surface area contributed by atoms with E-state index in [9.17, 15) is 13.6 Å². The van der Waals surface area contributed by atoms with Crippen LogP contribution in [0, 0.1) is 5.92 Å². The lowest BCUT2D eigenvalue weighted by Gasteiger charge is -2.13. The average Bonchev–Trinajstić information content (AvgIpc) is 2.18. The van der Waals surface area contributed by atoms with Crippen LogP contribution in [0.1, 0.15) is 32.6 Å². The fourth-order valence-corrected chi connectivity index (χ4v) is 1.29. The van der Waals surface area contributed by atoms with Crippen molar-refractivity contribution in [2.24, 2.45) is 5.92 Å². The standard InChI is InChI=1S/C10H18F2O2/c1-2-14-10(13)9(5-3-7-11)6-4-8-12/h9H,2-8H2,1H3. The number of ether oxygens (including phenoxy) is 1. The second-order valence-corrected chi connectivity index (χ2v) is 3.11. The second-order valence-electron chi connectivity index (χ2n) is 3.11. The topological polar surface area (TPSA) is 26.3 Å². The highest BCUT2D eigenvalue weighted by molar-refractivity contribution is 5.72. The van der Waals surface area contributed by atoms with Gasteiger partial charge in [-0.05, 0) is 32.6 Å². The van der Waals surface area contributed by atoms with Gasteiger partial charge in [-0.2, -0.15) is 0 Å². The third-order valence-electron chi connectivity index (χ3n) is 1.99. The van der Waals surface area contributed by atoms with Gasteiger partial charge in [0.25, 0.3) is 0 Å². The highest BCUT2D eigenvalue weighted by Crippen LogP contribution is 2.15. The molecule has 14 heavy (non-hydrogen) atoms. The molecule has 0 saturated heterocycles. The van der Waals surface area contributed by atoms with E-state index in [1.54, 1.807) is 6.92 Å². The summed E-state index contributed by atoms with van der Waals surface area (Å²) < 4.78 is 28.6. The van der Waals surface area contributed by atoms with E-state index in [1.165, 1.54) is 0 Å². The summed E-state index contributed by atoms with van der Waals surface area (Å²) in [5.74, 6) is -0.657. The lowest BCUT2D eigenvalue weighted by Crippen LogP contribution is -2.18. The minimum Gasteiger partial charge on any atom is -0.466 e. The van der Waals surface area contributed by atoms with Crippen molar-refractivity contribution in [3.8, 4) is 0 Å². The molecular formula is C10H18F2O2. The first-order valence-electron chi connectivity index (χ1n) is 5.04. The van der Waals surface area contributed by atoms with E-state index in [-0.39, 0.29) is 11.9 Å². The zero-order valence-electron chi connectivity index (χ0n) is 8.60. The molecule has 0 radical (unpaired) electrons. The van der Waals surface area contributed by atoms with Crippen LogP contribution in [0.3, 0.4) is 0 Å². The van der Waals surface area contributed by atoms with Crippen LogP contribution < -0.4 is 0 Å². The second kappa shape index (κ2) is 8.91. The maximum atomic E-state index is 11.9. The van der Waals surface area contributed by atoms with Crippen LogP contribution in [0.4, 0.5) is 8.78 Å². The zero-order chi connectivity index (χ0) is 10.8. The van der Waals surface area contributed by atoms with Crippen molar-refractivity contribution in [3.05, 3.63) is 0 Å². The van der Waals surface area contributed by atoms with Gasteiger partial charge in [0.05, 0.1) is 25.9 Å². The van der Waals surface area contributed by atoms with Crippen LogP contribution >= 0.6 is 0 Å².